The predicted molar refractivity (Wildman–Crippen MR) is 319 cm³/mol. The van der Waals surface area contributed by atoms with E-state index in [-0.39, 0.29) is 18.5 Å². The van der Waals surface area contributed by atoms with Gasteiger partial charge in [0, 0.05) is 12.8 Å². The minimum absolute atomic E-state index is 0.00711. The molecule has 0 aromatic carbocycles. The monoisotopic (exact) mass is 1020 g/mol. The zero-order chi connectivity index (χ0) is 52.9. The standard InChI is InChI=1S/C67H125NO5/c1-3-5-7-9-11-13-15-17-19-20-21-23-26-29-32-35-39-43-47-51-55-59-65(70)64(63-69)68-66(71)60-56-52-48-44-40-36-33-30-27-24-22-25-28-31-34-38-42-46-50-54-58-62-73-67(72)61-57-53-49-45-41-37-18-16-14-12-10-8-6-4-2/h10,12,16,18,24,27,55,59,64-65,69-70H,3-9,11,13-15,17,19-23,25-26,28-54,56-58,60-63H2,1-2H3,(H,68,71)/b12-10-,18-16-,27-24-,59-55+. The summed E-state index contributed by atoms with van der Waals surface area (Å²) in [4.78, 5) is 24.5. The lowest BCUT2D eigenvalue weighted by molar-refractivity contribution is -0.143. The molecule has 0 saturated carbocycles. The Kier molecular flexibility index (Phi) is 60.5. The van der Waals surface area contributed by atoms with Crippen LogP contribution in [0.25, 0.3) is 0 Å². The number of nitrogens with one attached hydrogen (secondary N) is 1. The fourth-order valence-corrected chi connectivity index (χ4v) is 9.82. The first-order chi connectivity index (χ1) is 36.0. The number of hydrogen-bond acceptors (Lipinski definition) is 5. The molecule has 0 aromatic rings. The van der Waals surface area contributed by atoms with Crippen molar-refractivity contribution < 1.29 is 24.5 Å². The molecule has 0 rings (SSSR count). The average Bonchev–Trinajstić information content (AvgIpc) is 3.39. The van der Waals surface area contributed by atoms with Crippen molar-refractivity contribution in [2.45, 2.75) is 353 Å². The van der Waals surface area contributed by atoms with Crippen LogP contribution in [-0.2, 0) is 14.3 Å². The molecule has 6 nitrogen and oxygen atoms in total. The highest BCUT2D eigenvalue weighted by Gasteiger charge is 2.18. The van der Waals surface area contributed by atoms with Crippen molar-refractivity contribution in [3.8, 4) is 0 Å². The molecule has 3 N–H and O–H groups in total. The largest absolute Gasteiger partial charge is 0.466 e. The molecule has 0 saturated heterocycles. The Morgan fingerprint density at radius 3 is 1.10 bits per heavy atom. The van der Waals surface area contributed by atoms with Crippen LogP contribution in [0.2, 0.25) is 0 Å². The van der Waals surface area contributed by atoms with Gasteiger partial charge in [-0.25, -0.2) is 0 Å². The number of unbranched alkanes of at least 4 members (excludes halogenated alkanes) is 43. The minimum Gasteiger partial charge on any atom is -0.466 e. The molecule has 0 spiro atoms. The van der Waals surface area contributed by atoms with E-state index in [4.69, 9.17) is 4.74 Å². The van der Waals surface area contributed by atoms with Crippen LogP contribution < -0.4 is 5.32 Å². The zero-order valence-corrected chi connectivity index (χ0v) is 48.9. The molecule has 428 valence electrons. The minimum atomic E-state index is -0.851. The third-order valence-electron chi connectivity index (χ3n) is 14.8. The highest BCUT2D eigenvalue weighted by Crippen LogP contribution is 2.17. The van der Waals surface area contributed by atoms with E-state index < -0.39 is 12.1 Å². The Bertz CT molecular complexity index is 1230. The van der Waals surface area contributed by atoms with Crippen LogP contribution in [-0.4, -0.2) is 47.4 Å². The molecule has 2 unspecified atom stereocenters. The topological polar surface area (TPSA) is 95.9 Å². The van der Waals surface area contributed by atoms with E-state index >= 15 is 0 Å². The molecular formula is C67H125NO5. The lowest BCUT2D eigenvalue weighted by Crippen LogP contribution is -2.45. The fourth-order valence-electron chi connectivity index (χ4n) is 9.82. The van der Waals surface area contributed by atoms with Gasteiger partial charge in [-0.15, -0.1) is 0 Å². The normalized spacial score (nSPS) is 12.9. The summed E-state index contributed by atoms with van der Waals surface area (Å²) < 4.78 is 5.47. The number of aliphatic hydroxyl groups excluding tert-OH is 2. The highest BCUT2D eigenvalue weighted by molar-refractivity contribution is 5.76. The number of allylic oxidation sites excluding steroid dienone is 7. The van der Waals surface area contributed by atoms with Gasteiger partial charge in [-0.3, -0.25) is 9.59 Å². The predicted octanol–water partition coefficient (Wildman–Crippen LogP) is 20.5. The van der Waals surface area contributed by atoms with Gasteiger partial charge in [-0.2, -0.15) is 0 Å². The molecule has 2 atom stereocenters. The molecule has 0 fully saturated rings. The van der Waals surface area contributed by atoms with E-state index in [1.807, 2.05) is 6.08 Å². The summed E-state index contributed by atoms with van der Waals surface area (Å²) in [6.07, 6.45) is 80.1. The number of carbonyl (C=O) groups excluding carboxylic acids is 2. The smallest absolute Gasteiger partial charge is 0.305 e. The maximum Gasteiger partial charge on any atom is 0.305 e. The second-order valence-electron chi connectivity index (χ2n) is 22.1. The quantitative estimate of drug-likeness (QED) is 0.0320. The van der Waals surface area contributed by atoms with Gasteiger partial charge in [0.05, 0.1) is 25.4 Å². The van der Waals surface area contributed by atoms with Gasteiger partial charge in [0.1, 0.15) is 0 Å². The van der Waals surface area contributed by atoms with Crippen LogP contribution in [0.1, 0.15) is 341 Å². The average molecular weight is 1020 g/mol. The van der Waals surface area contributed by atoms with Gasteiger partial charge in [-0.05, 0) is 83.5 Å². The Morgan fingerprint density at radius 2 is 0.699 bits per heavy atom. The first-order valence-electron chi connectivity index (χ1n) is 32.4. The summed E-state index contributed by atoms with van der Waals surface area (Å²) in [5.74, 6) is -0.0809. The lowest BCUT2D eigenvalue weighted by Gasteiger charge is -2.20. The lowest BCUT2D eigenvalue weighted by atomic mass is 10.0. The van der Waals surface area contributed by atoms with Gasteiger partial charge >= 0.3 is 5.97 Å². The van der Waals surface area contributed by atoms with E-state index in [9.17, 15) is 19.8 Å². The number of aliphatic hydroxyl groups is 2. The van der Waals surface area contributed by atoms with E-state index in [0.717, 1.165) is 57.8 Å². The Balaban J connectivity index is 3.47. The summed E-state index contributed by atoms with van der Waals surface area (Å²) in [6, 6.07) is -0.636. The summed E-state index contributed by atoms with van der Waals surface area (Å²) in [7, 11) is 0. The second-order valence-corrected chi connectivity index (χ2v) is 22.1. The Labute approximate surface area is 455 Å². The van der Waals surface area contributed by atoms with Crippen molar-refractivity contribution in [1.82, 2.24) is 5.32 Å². The Hall–Kier alpha value is -2.18. The number of ether oxygens (including phenoxy) is 1. The molecule has 73 heavy (non-hydrogen) atoms. The van der Waals surface area contributed by atoms with Crippen LogP contribution in [0, 0.1) is 0 Å². The van der Waals surface area contributed by atoms with Crippen LogP contribution >= 0.6 is 0 Å². The SMILES string of the molecule is CCCC/C=C\C/C=C\CCCCCCCC(=O)OCCCCCCCCCCCC/C=C\CCCCCCCCCC(=O)NC(CO)C(O)/C=C/CCCCCCCCCCCCCCCCCCCCC. The number of esters is 1. The summed E-state index contributed by atoms with van der Waals surface area (Å²) in [6.45, 7) is 4.87. The van der Waals surface area contributed by atoms with Gasteiger partial charge in [0.25, 0.3) is 0 Å². The highest BCUT2D eigenvalue weighted by atomic mass is 16.5. The summed E-state index contributed by atoms with van der Waals surface area (Å²) in [5, 5.41) is 23.2. The van der Waals surface area contributed by atoms with Crippen LogP contribution in [0.3, 0.4) is 0 Å². The molecule has 6 heteroatoms. The maximum atomic E-state index is 12.5. The third-order valence-corrected chi connectivity index (χ3v) is 14.8. The third kappa shape index (κ3) is 58.9. The zero-order valence-electron chi connectivity index (χ0n) is 48.9. The van der Waals surface area contributed by atoms with Gasteiger partial charge in [0.2, 0.25) is 5.91 Å². The maximum absolute atomic E-state index is 12.5. The number of carbonyl (C=O) groups is 2. The first-order valence-corrected chi connectivity index (χ1v) is 32.4. The number of hydrogen-bond donors (Lipinski definition) is 3. The molecule has 0 aliphatic heterocycles. The van der Waals surface area contributed by atoms with Gasteiger partial charge in [0.15, 0.2) is 0 Å². The molecule has 0 bridgehead atoms. The number of rotatable bonds is 60. The van der Waals surface area contributed by atoms with Crippen molar-refractivity contribution in [3.05, 3.63) is 48.6 Å². The van der Waals surface area contributed by atoms with E-state index in [1.54, 1.807) is 6.08 Å². The van der Waals surface area contributed by atoms with Crippen molar-refractivity contribution in [1.29, 1.82) is 0 Å². The fraction of sp³-hybridized carbons (Fsp3) is 0.851. The molecule has 0 radical (unpaired) electrons. The molecule has 0 aliphatic rings. The van der Waals surface area contributed by atoms with Crippen LogP contribution in [0.15, 0.2) is 48.6 Å². The molecule has 1 amide bonds. The Morgan fingerprint density at radius 1 is 0.384 bits per heavy atom. The summed E-state index contributed by atoms with van der Waals surface area (Å²) >= 11 is 0. The van der Waals surface area contributed by atoms with Crippen LogP contribution in [0.4, 0.5) is 0 Å². The van der Waals surface area contributed by atoms with Crippen molar-refractivity contribution in [2.75, 3.05) is 13.2 Å². The molecule has 0 aliphatic carbocycles. The van der Waals surface area contributed by atoms with Crippen molar-refractivity contribution in [2.24, 2.45) is 0 Å². The van der Waals surface area contributed by atoms with E-state index in [1.165, 1.54) is 257 Å². The van der Waals surface area contributed by atoms with Gasteiger partial charge < -0.3 is 20.3 Å². The molecular weight excluding hydrogens is 899 g/mol. The van der Waals surface area contributed by atoms with E-state index in [2.05, 4.69) is 55.6 Å². The summed E-state index contributed by atoms with van der Waals surface area (Å²) in [5.41, 5.74) is 0. The van der Waals surface area contributed by atoms with Crippen molar-refractivity contribution >= 4 is 11.9 Å². The van der Waals surface area contributed by atoms with Gasteiger partial charge in [-0.1, -0.05) is 294 Å². The molecule has 0 heterocycles. The van der Waals surface area contributed by atoms with E-state index in [0.29, 0.717) is 19.4 Å². The van der Waals surface area contributed by atoms with Crippen molar-refractivity contribution in [3.63, 3.8) is 0 Å². The molecule has 0 aromatic heterocycles. The first kappa shape index (κ1) is 70.8. The van der Waals surface area contributed by atoms with Crippen LogP contribution in [0.5, 0.6) is 0 Å². The second kappa shape index (κ2) is 62.4. The number of amides is 1.